The number of nitrogens with zero attached hydrogens (tertiary/aromatic N) is 4. The second-order valence-corrected chi connectivity index (χ2v) is 10.4. The van der Waals surface area contributed by atoms with Crippen LogP contribution in [-0.2, 0) is 11.3 Å². The van der Waals surface area contributed by atoms with Gasteiger partial charge in [0.2, 0.25) is 0 Å². The Morgan fingerprint density at radius 1 is 1.17 bits per heavy atom. The van der Waals surface area contributed by atoms with Crippen molar-refractivity contribution in [2.24, 2.45) is 4.99 Å². The van der Waals surface area contributed by atoms with Crippen molar-refractivity contribution in [3.8, 4) is 0 Å². The fourth-order valence-corrected chi connectivity index (χ4v) is 6.07. The molecule has 1 amide bonds. The Hall–Kier alpha value is -3.56. The summed E-state index contributed by atoms with van der Waals surface area (Å²) in [6.45, 7) is 8.50. The molecule has 0 unspecified atom stereocenters. The third kappa shape index (κ3) is 4.21. The first-order valence-corrected chi connectivity index (χ1v) is 13.0. The number of thiophene rings is 1. The highest BCUT2D eigenvalue weighted by molar-refractivity contribution is 7.10. The van der Waals surface area contributed by atoms with E-state index in [1.165, 1.54) is 22.7 Å². The number of hydrogen-bond acceptors (Lipinski definition) is 6. The molecule has 0 bridgehead atoms. The summed E-state index contributed by atoms with van der Waals surface area (Å²) >= 11 is 2.86. The summed E-state index contributed by atoms with van der Waals surface area (Å²) in [5, 5.41) is 9.48. The molecule has 9 heteroatoms. The first kappa shape index (κ1) is 23.2. The van der Waals surface area contributed by atoms with Gasteiger partial charge in [0, 0.05) is 28.9 Å². The normalized spacial score (nSPS) is 15.8. The van der Waals surface area contributed by atoms with Gasteiger partial charge in [0.1, 0.15) is 6.04 Å². The summed E-state index contributed by atoms with van der Waals surface area (Å²) in [6, 6.07) is 11.0. The molecule has 1 aliphatic heterocycles. The molecular weight excluding hydrogens is 478 g/mol. The SMILES string of the molecule is CCn1cc(C=c2sc3n(c2=O)[C@@H](c2cccs2)C(C(=O)Nc2ccccc2C)=C(C)N=3)c(C)n1. The summed E-state index contributed by atoms with van der Waals surface area (Å²) in [5.74, 6) is -0.256. The lowest BCUT2D eigenvalue weighted by molar-refractivity contribution is -0.113. The molecule has 1 aromatic carbocycles. The average Bonchev–Trinajstić information content (AvgIpc) is 3.55. The molecule has 1 N–H and O–H groups in total. The lowest BCUT2D eigenvalue weighted by atomic mass is 10.0. The Balaban J connectivity index is 1.65. The number of aryl methyl sites for hydroxylation is 3. The Kier molecular flexibility index (Phi) is 6.12. The van der Waals surface area contributed by atoms with E-state index >= 15 is 0 Å². The zero-order valence-electron chi connectivity index (χ0n) is 19.9. The van der Waals surface area contributed by atoms with Crippen LogP contribution in [0.15, 0.2) is 69.0 Å². The highest BCUT2D eigenvalue weighted by Crippen LogP contribution is 2.33. The van der Waals surface area contributed by atoms with Gasteiger partial charge in [-0.15, -0.1) is 11.3 Å². The van der Waals surface area contributed by atoms with Crippen LogP contribution in [0.4, 0.5) is 5.69 Å². The first-order valence-electron chi connectivity index (χ1n) is 11.3. The molecule has 178 valence electrons. The Bertz CT molecular complexity index is 1640. The van der Waals surface area contributed by atoms with Gasteiger partial charge >= 0.3 is 0 Å². The van der Waals surface area contributed by atoms with Gasteiger partial charge in [-0.2, -0.15) is 5.10 Å². The molecule has 7 nitrogen and oxygen atoms in total. The van der Waals surface area contributed by atoms with E-state index < -0.39 is 6.04 Å². The second-order valence-electron chi connectivity index (χ2n) is 8.39. The van der Waals surface area contributed by atoms with Gasteiger partial charge in [-0.25, -0.2) is 4.99 Å². The molecule has 0 radical (unpaired) electrons. The van der Waals surface area contributed by atoms with Crippen LogP contribution in [0.25, 0.3) is 6.08 Å². The molecule has 0 spiro atoms. The number of allylic oxidation sites excluding steroid dienone is 1. The lowest BCUT2D eigenvalue weighted by Crippen LogP contribution is -2.40. The number of anilines is 1. The number of carbonyl (C=O) groups is 1. The minimum absolute atomic E-state index is 0.163. The second kappa shape index (κ2) is 9.24. The van der Waals surface area contributed by atoms with Gasteiger partial charge in [0.25, 0.3) is 11.5 Å². The zero-order valence-corrected chi connectivity index (χ0v) is 21.5. The summed E-state index contributed by atoms with van der Waals surface area (Å²) in [6.07, 6.45) is 3.81. The van der Waals surface area contributed by atoms with Crippen molar-refractivity contribution in [3.63, 3.8) is 0 Å². The number of hydrogen-bond donors (Lipinski definition) is 1. The minimum Gasteiger partial charge on any atom is -0.322 e. The summed E-state index contributed by atoms with van der Waals surface area (Å²) < 4.78 is 4.07. The van der Waals surface area contributed by atoms with E-state index in [1.54, 1.807) is 4.57 Å². The van der Waals surface area contributed by atoms with Gasteiger partial charge in [0.15, 0.2) is 4.80 Å². The molecule has 0 fully saturated rings. The van der Waals surface area contributed by atoms with Crippen LogP contribution >= 0.6 is 22.7 Å². The maximum Gasteiger partial charge on any atom is 0.271 e. The maximum absolute atomic E-state index is 13.7. The Morgan fingerprint density at radius 3 is 2.66 bits per heavy atom. The van der Waals surface area contributed by atoms with E-state index in [1.807, 2.05) is 86.4 Å². The Morgan fingerprint density at radius 2 is 1.97 bits per heavy atom. The van der Waals surface area contributed by atoms with Crippen LogP contribution in [0.5, 0.6) is 0 Å². The third-order valence-corrected chi connectivity index (χ3v) is 7.97. The van der Waals surface area contributed by atoms with Crippen molar-refractivity contribution in [3.05, 3.63) is 101 Å². The van der Waals surface area contributed by atoms with E-state index in [0.29, 0.717) is 20.6 Å². The van der Waals surface area contributed by atoms with Crippen molar-refractivity contribution in [1.82, 2.24) is 14.3 Å². The third-order valence-electron chi connectivity index (χ3n) is 6.07. The molecule has 0 saturated carbocycles. The highest BCUT2D eigenvalue weighted by atomic mass is 32.1. The van der Waals surface area contributed by atoms with Crippen molar-refractivity contribution >= 4 is 40.3 Å². The van der Waals surface area contributed by atoms with Crippen LogP contribution in [0.1, 0.15) is 41.6 Å². The molecule has 4 heterocycles. The first-order chi connectivity index (χ1) is 16.9. The molecule has 35 heavy (non-hydrogen) atoms. The summed E-state index contributed by atoms with van der Waals surface area (Å²) in [5.41, 5.74) is 4.39. The predicted molar refractivity (Wildman–Crippen MR) is 141 cm³/mol. The average molecular weight is 504 g/mol. The fourth-order valence-electron chi connectivity index (χ4n) is 4.21. The van der Waals surface area contributed by atoms with E-state index in [9.17, 15) is 9.59 Å². The number of fused-ring (bicyclic) bond motifs is 1. The van der Waals surface area contributed by atoms with Crippen LogP contribution in [0.2, 0.25) is 0 Å². The minimum atomic E-state index is -0.545. The van der Waals surface area contributed by atoms with Crippen molar-refractivity contribution in [1.29, 1.82) is 0 Å². The number of thiazole rings is 1. The molecule has 0 saturated heterocycles. The smallest absolute Gasteiger partial charge is 0.271 e. The quantitative estimate of drug-likeness (QED) is 0.450. The zero-order chi connectivity index (χ0) is 24.7. The Labute approximate surface area is 210 Å². The number of carbonyl (C=O) groups excluding carboxylic acids is 1. The molecular formula is C26H25N5O2S2. The topological polar surface area (TPSA) is 81.3 Å². The standard InChI is InChI=1S/C26H25N5O2S2/c1-5-30-14-18(16(3)29-30)13-21-25(33)31-23(20-11-8-12-34-20)22(17(4)27-26(31)35-21)24(32)28-19-10-7-6-9-15(19)2/h6-14,23H,5H2,1-4H3,(H,28,32)/t23-/m0/s1. The molecule has 5 rings (SSSR count). The van der Waals surface area contributed by atoms with Gasteiger partial charge < -0.3 is 5.32 Å². The number of para-hydroxylation sites is 1. The van der Waals surface area contributed by atoms with Crippen molar-refractivity contribution in [2.75, 3.05) is 5.32 Å². The van der Waals surface area contributed by atoms with Gasteiger partial charge in [-0.3, -0.25) is 18.8 Å². The summed E-state index contributed by atoms with van der Waals surface area (Å²) in [4.78, 5) is 33.5. The number of aromatic nitrogens is 3. The number of benzene rings is 1. The largest absolute Gasteiger partial charge is 0.322 e. The molecule has 3 aromatic heterocycles. The number of nitrogens with one attached hydrogen (secondary N) is 1. The molecule has 4 aromatic rings. The highest BCUT2D eigenvalue weighted by Gasteiger charge is 2.33. The van der Waals surface area contributed by atoms with E-state index in [-0.39, 0.29) is 11.5 Å². The van der Waals surface area contributed by atoms with Crippen LogP contribution in [0.3, 0.4) is 0 Å². The van der Waals surface area contributed by atoms with Gasteiger partial charge in [-0.05, 0) is 56.8 Å². The van der Waals surface area contributed by atoms with Crippen LogP contribution in [0, 0.1) is 13.8 Å². The molecule has 0 aliphatic carbocycles. The predicted octanol–water partition coefficient (Wildman–Crippen LogP) is 3.77. The van der Waals surface area contributed by atoms with E-state index in [0.717, 1.165) is 33.9 Å². The lowest BCUT2D eigenvalue weighted by Gasteiger charge is -2.24. The number of amides is 1. The van der Waals surface area contributed by atoms with E-state index in [2.05, 4.69) is 10.4 Å². The molecule has 1 aliphatic rings. The van der Waals surface area contributed by atoms with Crippen molar-refractivity contribution < 1.29 is 4.79 Å². The van der Waals surface area contributed by atoms with Crippen LogP contribution < -0.4 is 20.2 Å². The van der Waals surface area contributed by atoms with Gasteiger partial charge in [-0.1, -0.05) is 35.6 Å². The van der Waals surface area contributed by atoms with Crippen LogP contribution in [-0.4, -0.2) is 20.3 Å². The van der Waals surface area contributed by atoms with E-state index in [4.69, 9.17) is 4.99 Å². The number of rotatable bonds is 5. The summed E-state index contributed by atoms with van der Waals surface area (Å²) in [7, 11) is 0. The van der Waals surface area contributed by atoms with Crippen molar-refractivity contribution in [2.45, 2.75) is 40.3 Å². The van der Waals surface area contributed by atoms with Gasteiger partial charge in [0.05, 0.1) is 21.5 Å². The maximum atomic E-state index is 13.7. The monoisotopic (exact) mass is 503 g/mol. The fraction of sp³-hybridized carbons (Fsp3) is 0.231. The molecule has 1 atom stereocenters.